The van der Waals surface area contributed by atoms with Crippen LogP contribution in [0.3, 0.4) is 0 Å². The van der Waals surface area contributed by atoms with Crippen LogP contribution in [0.5, 0.6) is 0 Å². The van der Waals surface area contributed by atoms with Crippen LogP contribution in [0.1, 0.15) is 53.4 Å². The summed E-state index contributed by atoms with van der Waals surface area (Å²) >= 11 is 0. The van der Waals surface area contributed by atoms with Gasteiger partial charge in [0.15, 0.2) is 0 Å². The van der Waals surface area contributed by atoms with Crippen molar-refractivity contribution in [2.45, 2.75) is 53.4 Å². The molecule has 1 fully saturated rings. The number of carboxylic acids is 1. The third kappa shape index (κ3) is 3.22. The fraction of sp³-hybridized carbons (Fsp3) is 0.923. The van der Waals surface area contributed by atoms with Crippen molar-refractivity contribution in [2.24, 2.45) is 23.2 Å². The number of carbonyl (C=O) groups is 1. The number of hydrogen-bond donors (Lipinski definition) is 1. The van der Waals surface area contributed by atoms with E-state index in [1.165, 1.54) is 12.8 Å². The molecule has 2 nitrogen and oxygen atoms in total. The Morgan fingerprint density at radius 3 is 2.00 bits per heavy atom. The summed E-state index contributed by atoms with van der Waals surface area (Å²) in [5.74, 6) is 0.385. The maximum Gasteiger partial charge on any atom is 0.306 e. The maximum absolute atomic E-state index is 10.9. The van der Waals surface area contributed by atoms with Crippen LogP contribution >= 0.6 is 0 Å². The van der Waals surface area contributed by atoms with Gasteiger partial charge >= 0.3 is 5.97 Å². The van der Waals surface area contributed by atoms with E-state index in [0.29, 0.717) is 11.3 Å². The van der Waals surface area contributed by atoms with Gasteiger partial charge in [-0.15, -0.1) is 0 Å². The zero-order chi connectivity index (χ0) is 11.6. The second-order valence-electron chi connectivity index (χ2n) is 6.10. The third-order valence-corrected chi connectivity index (χ3v) is 4.09. The molecule has 0 spiro atoms. The molecular formula is C13H24O2. The fourth-order valence-electron chi connectivity index (χ4n) is 2.69. The molecule has 0 aromatic rings. The van der Waals surface area contributed by atoms with Gasteiger partial charge in [0, 0.05) is 0 Å². The Bertz CT molecular complexity index is 219. The molecule has 0 aromatic heterocycles. The molecule has 1 unspecified atom stereocenters. The van der Waals surface area contributed by atoms with Crippen LogP contribution in [-0.2, 0) is 4.79 Å². The SMILES string of the molecule is CC(C(=O)O)C1CCC(C(C)(C)C)CC1. The molecule has 0 amide bonds. The van der Waals surface area contributed by atoms with Crippen LogP contribution in [0.15, 0.2) is 0 Å². The topological polar surface area (TPSA) is 37.3 Å². The van der Waals surface area contributed by atoms with E-state index in [4.69, 9.17) is 5.11 Å². The van der Waals surface area contributed by atoms with E-state index in [-0.39, 0.29) is 5.92 Å². The Morgan fingerprint density at radius 1 is 1.20 bits per heavy atom. The molecule has 0 bridgehead atoms. The molecule has 15 heavy (non-hydrogen) atoms. The Hall–Kier alpha value is -0.530. The number of rotatable bonds is 2. The summed E-state index contributed by atoms with van der Waals surface area (Å²) in [6.45, 7) is 8.72. The van der Waals surface area contributed by atoms with Gasteiger partial charge in [0.05, 0.1) is 5.92 Å². The van der Waals surface area contributed by atoms with E-state index in [9.17, 15) is 4.79 Å². The molecule has 0 heterocycles. The van der Waals surface area contributed by atoms with Crippen molar-refractivity contribution < 1.29 is 9.90 Å². The summed E-state index contributed by atoms with van der Waals surface area (Å²) in [4.78, 5) is 10.9. The summed E-state index contributed by atoms with van der Waals surface area (Å²) < 4.78 is 0. The molecule has 0 aliphatic heterocycles. The minimum Gasteiger partial charge on any atom is -0.481 e. The van der Waals surface area contributed by atoms with Gasteiger partial charge in [0.1, 0.15) is 0 Å². The number of carboxylic acid groups (broad SMARTS) is 1. The first kappa shape index (κ1) is 12.5. The van der Waals surface area contributed by atoms with Gasteiger partial charge in [-0.3, -0.25) is 4.79 Å². The Kier molecular flexibility index (Phi) is 3.80. The average Bonchev–Trinajstić information content (AvgIpc) is 2.15. The second-order valence-corrected chi connectivity index (χ2v) is 6.10. The van der Waals surface area contributed by atoms with Crippen molar-refractivity contribution in [1.29, 1.82) is 0 Å². The number of aliphatic carboxylic acids is 1. The monoisotopic (exact) mass is 212 g/mol. The molecular weight excluding hydrogens is 188 g/mol. The normalized spacial score (nSPS) is 29.9. The summed E-state index contributed by atoms with van der Waals surface area (Å²) in [6, 6.07) is 0. The molecule has 88 valence electrons. The molecule has 0 aromatic carbocycles. The lowest BCUT2D eigenvalue weighted by Crippen LogP contribution is -2.30. The summed E-state index contributed by atoms with van der Waals surface area (Å²) in [5, 5.41) is 8.96. The standard InChI is InChI=1S/C13H24O2/c1-9(12(14)15)10-5-7-11(8-6-10)13(2,3)4/h9-11H,5-8H2,1-4H3,(H,14,15). The van der Waals surface area contributed by atoms with Gasteiger partial charge in [-0.25, -0.2) is 0 Å². The van der Waals surface area contributed by atoms with E-state index >= 15 is 0 Å². The number of hydrogen-bond acceptors (Lipinski definition) is 1. The summed E-state index contributed by atoms with van der Waals surface area (Å²) in [5.41, 5.74) is 0.386. The quantitative estimate of drug-likeness (QED) is 0.760. The molecule has 0 saturated heterocycles. The van der Waals surface area contributed by atoms with Crippen molar-refractivity contribution in [1.82, 2.24) is 0 Å². The molecule has 1 atom stereocenters. The summed E-state index contributed by atoms with van der Waals surface area (Å²) in [7, 11) is 0. The second kappa shape index (κ2) is 4.54. The van der Waals surface area contributed by atoms with Gasteiger partial charge in [0.2, 0.25) is 0 Å². The molecule has 2 heteroatoms. The molecule has 1 N–H and O–H groups in total. The zero-order valence-corrected chi connectivity index (χ0v) is 10.4. The van der Waals surface area contributed by atoms with Gasteiger partial charge in [-0.05, 0) is 42.9 Å². The largest absolute Gasteiger partial charge is 0.481 e. The van der Waals surface area contributed by atoms with Crippen LogP contribution in [0.4, 0.5) is 0 Å². The first-order chi connectivity index (χ1) is 6.82. The van der Waals surface area contributed by atoms with E-state index in [0.717, 1.165) is 18.8 Å². The minimum absolute atomic E-state index is 0.161. The van der Waals surface area contributed by atoms with Gasteiger partial charge in [0.25, 0.3) is 0 Å². The van der Waals surface area contributed by atoms with E-state index < -0.39 is 5.97 Å². The van der Waals surface area contributed by atoms with Gasteiger partial charge < -0.3 is 5.11 Å². The van der Waals surface area contributed by atoms with Crippen molar-refractivity contribution in [3.63, 3.8) is 0 Å². The summed E-state index contributed by atoms with van der Waals surface area (Å²) in [6.07, 6.45) is 4.59. The third-order valence-electron chi connectivity index (χ3n) is 4.09. The predicted molar refractivity (Wildman–Crippen MR) is 61.7 cm³/mol. The highest BCUT2D eigenvalue weighted by atomic mass is 16.4. The van der Waals surface area contributed by atoms with Crippen molar-refractivity contribution in [3.8, 4) is 0 Å². The lowest BCUT2D eigenvalue weighted by atomic mass is 9.68. The molecule has 1 saturated carbocycles. The lowest BCUT2D eigenvalue weighted by molar-refractivity contribution is -0.143. The molecule has 1 rings (SSSR count). The van der Waals surface area contributed by atoms with Crippen molar-refractivity contribution in [3.05, 3.63) is 0 Å². The molecule has 1 aliphatic rings. The van der Waals surface area contributed by atoms with Crippen molar-refractivity contribution >= 4 is 5.97 Å². The maximum atomic E-state index is 10.9. The Morgan fingerprint density at radius 2 is 1.67 bits per heavy atom. The Labute approximate surface area is 93.1 Å². The highest BCUT2D eigenvalue weighted by molar-refractivity contribution is 5.69. The Balaban J connectivity index is 2.46. The lowest BCUT2D eigenvalue weighted by Gasteiger charge is -2.38. The highest BCUT2D eigenvalue weighted by Crippen LogP contribution is 2.41. The smallest absolute Gasteiger partial charge is 0.306 e. The van der Waals surface area contributed by atoms with E-state index in [1.807, 2.05) is 6.92 Å². The zero-order valence-electron chi connectivity index (χ0n) is 10.4. The van der Waals surface area contributed by atoms with Gasteiger partial charge in [-0.2, -0.15) is 0 Å². The first-order valence-corrected chi connectivity index (χ1v) is 6.05. The van der Waals surface area contributed by atoms with Crippen LogP contribution in [0.25, 0.3) is 0 Å². The van der Waals surface area contributed by atoms with E-state index in [1.54, 1.807) is 0 Å². The predicted octanol–water partition coefficient (Wildman–Crippen LogP) is 3.56. The molecule has 0 radical (unpaired) electrons. The highest BCUT2D eigenvalue weighted by Gasteiger charge is 2.33. The fourth-order valence-corrected chi connectivity index (χ4v) is 2.69. The van der Waals surface area contributed by atoms with E-state index in [2.05, 4.69) is 20.8 Å². The van der Waals surface area contributed by atoms with Crippen LogP contribution in [0, 0.1) is 23.2 Å². The minimum atomic E-state index is -0.630. The average molecular weight is 212 g/mol. The van der Waals surface area contributed by atoms with Crippen LogP contribution < -0.4 is 0 Å². The van der Waals surface area contributed by atoms with Crippen molar-refractivity contribution in [2.75, 3.05) is 0 Å². The van der Waals surface area contributed by atoms with Crippen LogP contribution in [0.2, 0.25) is 0 Å². The molecule has 1 aliphatic carbocycles. The van der Waals surface area contributed by atoms with Crippen LogP contribution in [-0.4, -0.2) is 11.1 Å². The van der Waals surface area contributed by atoms with Gasteiger partial charge in [-0.1, -0.05) is 27.7 Å². The first-order valence-electron chi connectivity index (χ1n) is 6.05.